The first-order valence-electron chi connectivity index (χ1n) is 10.3. The van der Waals surface area contributed by atoms with Crippen LogP contribution in [0.25, 0.3) is 5.69 Å². The SMILES string of the molecule is COC1C=C2OC(C)(C)C3=CCn4c(=O)n(-c5ccccc5)c(=O)n4C3C2=CC1OC. The minimum atomic E-state index is -0.651. The average Bonchev–Trinajstić information content (AvgIpc) is 3.03. The van der Waals surface area contributed by atoms with Crippen LogP contribution in [0.4, 0.5) is 0 Å². The van der Waals surface area contributed by atoms with E-state index in [0.717, 1.165) is 11.1 Å². The van der Waals surface area contributed by atoms with Crippen LogP contribution in [0.2, 0.25) is 0 Å². The molecule has 5 rings (SSSR count). The lowest BCUT2D eigenvalue weighted by atomic mass is 9.79. The zero-order valence-corrected chi connectivity index (χ0v) is 17.9. The van der Waals surface area contributed by atoms with E-state index in [1.54, 1.807) is 31.0 Å². The number of methoxy groups -OCH3 is 2. The molecule has 0 radical (unpaired) electrons. The molecule has 0 spiro atoms. The Morgan fingerprint density at radius 1 is 1.00 bits per heavy atom. The van der Waals surface area contributed by atoms with Crippen molar-refractivity contribution in [2.75, 3.05) is 14.2 Å². The molecule has 1 saturated heterocycles. The molecule has 3 unspecified atom stereocenters. The third-order valence-electron chi connectivity index (χ3n) is 6.26. The van der Waals surface area contributed by atoms with Crippen molar-refractivity contribution in [3.05, 3.63) is 86.4 Å². The quantitative estimate of drug-likeness (QED) is 0.706. The Balaban J connectivity index is 1.75. The van der Waals surface area contributed by atoms with Crippen molar-refractivity contribution < 1.29 is 14.2 Å². The monoisotopic (exact) mass is 423 g/mol. The summed E-state index contributed by atoms with van der Waals surface area (Å²) in [5.41, 5.74) is 0.882. The molecule has 0 N–H and O–H groups in total. The van der Waals surface area contributed by atoms with E-state index in [-0.39, 0.29) is 23.6 Å². The van der Waals surface area contributed by atoms with Gasteiger partial charge < -0.3 is 14.2 Å². The number of ether oxygens (including phenoxy) is 3. The van der Waals surface area contributed by atoms with Gasteiger partial charge in [-0.05, 0) is 43.7 Å². The van der Waals surface area contributed by atoms with Gasteiger partial charge in [0.2, 0.25) is 0 Å². The summed E-state index contributed by atoms with van der Waals surface area (Å²) in [6.07, 6.45) is 5.18. The van der Waals surface area contributed by atoms with Crippen LogP contribution in [-0.4, -0.2) is 46.0 Å². The van der Waals surface area contributed by atoms with E-state index < -0.39 is 11.6 Å². The van der Waals surface area contributed by atoms with E-state index in [1.807, 2.05) is 50.3 Å². The summed E-state index contributed by atoms with van der Waals surface area (Å²) in [6.45, 7) is 4.24. The van der Waals surface area contributed by atoms with E-state index >= 15 is 0 Å². The Kier molecular flexibility index (Phi) is 4.46. The molecule has 3 atom stereocenters. The van der Waals surface area contributed by atoms with Crippen LogP contribution in [0.5, 0.6) is 0 Å². The molecule has 0 saturated carbocycles. The predicted octanol–water partition coefficient (Wildman–Crippen LogP) is 1.94. The zero-order valence-electron chi connectivity index (χ0n) is 17.9. The molecule has 3 aliphatic rings. The standard InChI is InChI=1S/C23H25N3O5/c1-23(2)16-10-11-24-21(27)25(14-8-6-5-7-9-14)22(28)26(24)20(16)15-12-18(29-3)19(30-4)13-17(15)31-23/h5-10,12-13,18-20H,11H2,1-4H3. The van der Waals surface area contributed by atoms with Gasteiger partial charge in [-0.15, -0.1) is 0 Å². The van der Waals surface area contributed by atoms with Crippen molar-refractivity contribution in [3.63, 3.8) is 0 Å². The number of hydrogen-bond donors (Lipinski definition) is 0. The van der Waals surface area contributed by atoms with Crippen LogP contribution in [0.15, 0.2) is 75.1 Å². The lowest BCUT2D eigenvalue weighted by Crippen LogP contribution is -2.47. The van der Waals surface area contributed by atoms with Crippen LogP contribution in [-0.2, 0) is 20.8 Å². The van der Waals surface area contributed by atoms with Gasteiger partial charge in [0.25, 0.3) is 0 Å². The van der Waals surface area contributed by atoms with Crippen molar-refractivity contribution in [2.45, 2.75) is 44.2 Å². The highest BCUT2D eigenvalue weighted by Gasteiger charge is 2.47. The third-order valence-corrected chi connectivity index (χ3v) is 6.26. The molecule has 1 aromatic carbocycles. The molecule has 0 amide bonds. The number of hydrogen-bond acceptors (Lipinski definition) is 5. The van der Waals surface area contributed by atoms with Gasteiger partial charge in [-0.1, -0.05) is 24.3 Å². The molecule has 162 valence electrons. The molecule has 1 fully saturated rings. The van der Waals surface area contributed by atoms with Crippen LogP contribution in [0, 0.1) is 0 Å². The smallest absolute Gasteiger partial charge is 0.352 e. The Hall–Kier alpha value is -3.10. The van der Waals surface area contributed by atoms with Crippen molar-refractivity contribution in [3.8, 4) is 5.69 Å². The molecule has 8 heteroatoms. The molecule has 1 aliphatic carbocycles. The second-order valence-electron chi connectivity index (χ2n) is 8.39. The van der Waals surface area contributed by atoms with Gasteiger partial charge >= 0.3 is 11.4 Å². The Bertz CT molecular complexity index is 1240. The number of aromatic nitrogens is 3. The molecule has 8 nitrogen and oxygen atoms in total. The maximum Gasteiger partial charge on any atom is 0.352 e. The minimum absolute atomic E-state index is 0.299. The van der Waals surface area contributed by atoms with E-state index in [1.165, 1.54) is 9.25 Å². The van der Waals surface area contributed by atoms with Gasteiger partial charge in [-0.2, -0.15) is 0 Å². The van der Waals surface area contributed by atoms with Crippen molar-refractivity contribution in [1.29, 1.82) is 0 Å². The Morgan fingerprint density at radius 3 is 2.35 bits per heavy atom. The fourth-order valence-electron chi connectivity index (χ4n) is 4.76. The first-order chi connectivity index (χ1) is 14.9. The maximum absolute atomic E-state index is 13.6. The highest BCUT2D eigenvalue weighted by molar-refractivity contribution is 5.48. The number of fused-ring (bicyclic) bond motifs is 5. The maximum atomic E-state index is 13.6. The van der Waals surface area contributed by atoms with Crippen LogP contribution >= 0.6 is 0 Å². The number of allylic oxidation sites excluding steroid dienone is 2. The zero-order chi connectivity index (χ0) is 21.9. The van der Waals surface area contributed by atoms with Gasteiger partial charge in [0, 0.05) is 19.8 Å². The summed E-state index contributed by atoms with van der Waals surface area (Å²) in [5, 5.41) is 0. The van der Waals surface area contributed by atoms with Crippen LogP contribution in [0.1, 0.15) is 19.9 Å². The number of rotatable bonds is 3. The van der Waals surface area contributed by atoms with Crippen LogP contribution < -0.4 is 11.4 Å². The molecule has 31 heavy (non-hydrogen) atoms. The largest absolute Gasteiger partial charge is 0.483 e. The summed E-state index contributed by atoms with van der Waals surface area (Å²) in [5.74, 6) is 0.646. The van der Waals surface area contributed by atoms with Crippen molar-refractivity contribution in [2.24, 2.45) is 0 Å². The fourth-order valence-corrected chi connectivity index (χ4v) is 4.76. The van der Waals surface area contributed by atoms with Gasteiger partial charge in [0.15, 0.2) is 0 Å². The topological polar surface area (TPSA) is 76.6 Å². The van der Waals surface area contributed by atoms with Crippen LogP contribution in [0.3, 0.4) is 0 Å². The van der Waals surface area contributed by atoms with Crippen molar-refractivity contribution in [1.82, 2.24) is 13.9 Å². The number of nitrogens with zero attached hydrogens (tertiary/aromatic N) is 3. The first-order valence-corrected chi connectivity index (χ1v) is 10.3. The second-order valence-corrected chi connectivity index (χ2v) is 8.39. The summed E-state index contributed by atoms with van der Waals surface area (Å²) in [4.78, 5) is 26.8. The van der Waals surface area contributed by atoms with Gasteiger partial charge in [0.05, 0.1) is 12.2 Å². The first kappa shape index (κ1) is 19.8. The molecule has 0 bridgehead atoms. The highest BCUT2D eigenvalue weighted by Crippen LogP contribution is 2.48. The van der Waals surface area contributed by atoms with Crippen molar-refractivity contribution >= 4 is 0 Å². The summed E-state index contributed by atoms with van der Waals surface area (Å²) in [7, 11) is 3.24. The molecule has 2 aliphatic heterocycles. The van der Waals surface area contributed by atoms with Gasteiger partial charge in [0.1, 0.15) is 29.6 Å². The lowest BCUT2D eigenvalue weighted by molar-refractivity contribution is -0.00461. The molecular formula is C23H25N3O5. The second kappa shape index (κ2) is 6.96. The van der Waals surface area contributed by atoms with Gasteiger partial charge in [-0.25, -0.2) is 23.5 Å². The predicted molar refractivity (Wildman–Crippen MR) is 114 cm³/mol. The summed E-state index contributed by atoms with van der Waals surface area (Å²) >= 11 is 0. The molecule has 3 heterocycles. The van der Waals surface area contributed by atoms with E-state index in [2.05, 4.69) is 0 Å². The summed E-state index contributed by atoms with van der Waals surface area (Å²) < 4.78 is 21.8. The summed E-state index contributed by atoms with van der Waals surface area (Å²) in [6, 6.07) is 8.51. The van der Waals surface area contributed by atoms with E-state index in [0.29, 0.717) is 18.0 Å². The minimum Gasteiger partial charge on any atom is -0.483 e. The molecular weight excluding hydrogens is 398 g/mol. The Morgan fingerprint density at radius 2 is 1.68 bits per heavy atom. The van der Waals surface area contributed by atoms with E-state index in [9.17, 15) is 9.59 Å². The fraction of sp³-hybridized carbons (Fsp3) is 0.391. The third kappa shape index (κ3) is 2.82. The molecule has 2 aromatic rings. The van der Waals surface area contributed by atoms with Gasteiger partial charge in [-0.3, -0.25) is 0 Å². The average molecular weight is 423 g/mol. The molecule has 1 aromatic heterocycles. The normalized spacial score (nSPS) is 25.9. The number of benzene rings is 1. The van der Waals surface area contributed by atoms with E-state index in [4.69, 9.17) is 14.2 Å². The number of para-hydroxylation sites is 1. The lowest BCUT2D eigenvalue weighted by Gasteiger charge is -2.46. The highest BCUT2D eigenvalue weighted by atomic mass is 16.5. The Labute approximate surface area is 179 Å².